The molecule has 38 heavy (non-hydrogen) atoms. The van der Waals surface area contributed by atoms with E-state index in [4.69, 9.17) is 27.6 Å². The van der Waals surface area contributed by atoms with Crippen LogP contribution in [0.15, 0.2) is 53.7 Å². The maximum atomic E-state index is 12.8. The van der Waals surface area contributed by atoms with E-state index in [1.165, 1.54) is 30.5 Å². The molecule has 204 valence electrons. The average Bonchev–Trinajstić information content (AvgIpc) is 3.57. The predicted octanol–water partition coefficient (Wildman–Crippen LogP) is 2.56. The van der Waals surface area contributed by atoms with Gasteiger partial charge in [-0.1, -0.05) is 29.3 Å². The standard InChI is InChI=1S/C26H30Cl2N4O6/c1-2-15-12-21(30-13-15)24(34)29-8-7-20(26(36)37)32-25(35)23-18(27)10-16(11-19(23)28)14-31-22(33)6-5-17-4-3-9-38-17/h2-6,9-11,15,20-21,24,29-30,34H,1,7-8,12-14H2,(H,31,33)(H,32,35)(H,36,37)/b6-5+/t15-,20+,21+,24?/m1/s1. The van der Waals surface area contributed by atoms with Crippen LogP contribution in [0.4, 0.5) is 0 Å². The van der Waals surface area contributed by atoms with E-state index in [1.807, 2.05) is 6.08 Å². The lowest BCUT2D eigenvalue weighted by Crippen LogP contribution is -2.48. The maximum absolute atomic E-state index is 12.8. The molecule has 2 aromatic rings. The molecule has 1 aliphatic heterocycles. The first-order valence-electron chi connectivity index (χ1n) is 12.0. The second kappa shape index (κ2) is 14.1. The second-order valence-corrected chi connectivity index (χ2v) is 9.61. The zero-order chi connectivity index (χ0) is 27.7. The van der Waals surface area contributed by atoms with Crippen molar-refractivity contribution in [1.29, 1.82) is 0 Å². The Labute approximate surface area is 230 Å². The summed E-state index contributed by atoms with van der Waals surface area (Å²) in [5, 5.41) is 31.1. The Morgan fingerprint density at radius 1 is 1.26 bits per heavy atom. The molecule has 1 aliphatic rings. The number of benzene rings is 1. The summed E-state index contributed by atoms with van der Waals surface area (Å²) in [4.78, 5) is 36.6. The molecule has 2 heterocycles. The van der Waals surface area contributed by atoms with Crippen LogP contribution in [0.2, 0.25) is 10.0 Å². The van der Waals surface area contributed by atoms with Crippen LogP contribution < -0.4 is 21.3 Å². The monoisotopic (exact) mass is 564 g/mol. The van der Waals surface area contributed by atoms with Crippen molar-refractivity contribution in [1.82, 2.24) is 21.3 Å². The molecule has 0 bridgehead atoms. The highest BCUT2D eigenvalue weighted by atomic mass is 35.5. The van der Waals surface area contributed by atoms with Gasteiger partial charge in [0.25, 0.3) is 5.91 Å². The SMILES string of the molecule is C=C[C@H]1CN[C@H](C(O)NCC[C@H](NC(=O)c2c(Cl)cc(CNC(=O)/C=C/c3ccco3)cc2Cl)C(=O)O)C1. The van der Waals surface area contributed by atoms with Crippen LogP contribution >= 0.6 is 23.2 Å². The van der Waals surface area contributed by atoms with Gasteiger partial charge in [-0.3, -0.25) is 14.9 Å². The Bertz CT molecular complexity index is 1150. The third-order valence-corrected chi connectivity index (χ3v) is 6.64. The molecule has 1 aromatic carbocycles. The van der Waals surface area contributed by atoms with Crippen molar-refractivity contribution in [3.05, 3.63) is 76.2 Å². The second-order valence-electron chi connectivity index (χ2n) is 8.80. The molecule has 0 spiro atoms. The predicted molar refractivity (Wildman–Crippen MR) is 144 cm³/mol. The summed E-state index contributed by atoms with van der Waals surface area (Å²) in [7, 11) is 0. The first kappa shape index (κ1) is 29.4. The molecule has 1 saturated heterocycles. The highest BCUT2D eigenvalue weighted by Gasteiger charge is 2.28. The van der Waals surface area contributed by atoms with Crippen LogP contribution in [0.25, 0.3) is 6.08 Å². The lowest BCUT2D eigenvalue weighted by atomic mass is 10.1. The van der Waals surface area contributed by atoms with Crippen LogP contribution in [0.1, 0.15) is 34.5 Å². The Hall–Kier alpha value is -3.15. The molecule has 0 aliphatic carbocycles. The number of aliphatic carboxylic acids is 1. The van der Waals surface area contributed by atoms with Gasteiger partial charge >= 0.3 is 5.97 Å². The summed E-state index contributed by atoms with van der Waals surface area (Å²) >= 11 is 12.6. The molecule has 1 fully saturated rings. The number of carboxylic acid groups (broad SMARTS) is 1. The normalized spacial score (nSPS) is 18.7. The van der Waals surface area contributed by atoms with Crippen LogP contribution in [0.3, 0.4) is 0 Å². The van der Waals surface area contributed by atoms with E-state index in [9.17, 15) is 24.6 Å². The molecule has 6 N–H and O–H groups in total. The summed E-state index contributed by atoms with van der Waals surface area (Å²) in [5.41, 5.74) is 0.467. The number of halogens is 2. The maximum Gasteiger partial charge on any atom is 0.326 e. The molecular formula is C26H30Cl2N4O6. The number of furan rings is 1. The van der Waals surface area contributed by atoms with Gasteiger partial charge in [-0.25, -0.2) is 4.79 Å². The molecule has 12 heteroatoms. The molecule has 1 unspecified atom stereocenters. The van der Waals surface area contributed by atoms with Crippen molar-refractivity contribution in [3.63, 3.8) is 0 Å². The number of nitrogens with one attached hydrogen (secondary N) is 4. The summed E-state index contributed by atoms with van der Waals surface area (Å²) in [5.74, 6) is -1.57. The fourth-order valence-electron chi connectivity index (χ4n) is 3.96. The van der Waals surface area contributed by atoms with E-state index in [2.05, 4.69) is 27.8 Å². The molecule has 3 rings (SSSR count). The molecule has 10 nitrogen and oxygen atoms in total. The van der Waals surface area contributed by atoms with Crippen molar-refractivity contribution in [2.24, 2.45) is 5.92 Å². The van der Waals surface area contributed by atoms with Gasteiger partial charge in [-0.15, -0.1) is 6.58 Å². The van der Waals surface area contributed by atoms with Crippen molar-refractivity contribution in [3.8, 4) is 0 Å². The first-order chi connectivity index (χ1) is 18.2. The summed E-state index contributed by atoms with van der Waals surface area (Å²) in [6.07, 6.45) is 6.01. The van der Waals surface area contributed by atoms with Crippen LogP contribution in [-0.2, 0) is 16.1 Å². The Balaban J connectivity index is 1.53. The minimum Gasteiger partial charge on any atom is -0.480 e. The first-order valence-corrected chi connectivity index (χ1v) is 12.7. The number of rotatable bonds is 13. The van der Waals surface area contributed by atoms with Crippen LogP contribution in [-0.4, -0.2) is 59.4 Å². The minimum atomic E-state index is -1.24. The van der Waals surface area contributed by atoms with E-state index < -0.39 is 24.1 Å². The zero-order valence-corrected chi connectivity index (χ0v) is 22.0. The van der Waals surface area contributed by atoms with Gasteiger partial charge in [-0.05, 0) is 54.7 Å². The zero-order valence-electron chi connectivity index (χ0n) is 20.5. The van der Waals surface area contributed by atoms with E-state index in [-0.39, 0.29) is 53.0 Å². The molecule has 4 atom stereocenters. The number of carbonyl (C=O) groups excluding carboxylic acids is 2. The van der Waals surface area contributed by atoms with Crippen molar-refractivity contribution in [2.45, 2.75) is 37.7 Å². The summed E-state index contributed by atoms with van der Waals surface area (Å²) in [6, 6.07) is 4.92. The highest BCUT2D eigenvalue weighted by molar-refractivity contribution is 6.39. The number of carbonyl (C=O) groups is 3. The number of carboxylic acids is 1. The topological polar surface area (TPSA) is 153 Å². The van der Waals surface area contributed by atoms with Gasteiger partial charge in [0.1, 0.15) is 18.0 Å². The van der Waals surface area contributed by atoms with Gasteiger partial charge < -0.3 is 30.6 Å². The Morgan fingerprint density at radius 2 is 2.00 bits per heavy atom. The van der Waals surface area contributed by atoms with E-state index in [0.717, 1.165) is 13.0 Å². The van der Waals surface area contributed by atoms with E-state index >= 15 is 0 Å². The molecule has 0 saturated carbocycles. The van der Waals surface area contributed by atoms with Gasteiger partial charge in [0, 0.05) is 31.8 Å². The third-order valence-electron chi connectivity index (χ3n) is 6.04. The van der Waals surface area contributed by atoms with Gasteiger partial charge in [0.05, 0.1) is 21.9 Å². The number of aliphatic hydroxyl groups is 1. The van der Waals surface area contributed by atoms with E-state index in [1.54, 1.807) is 12.1 Å². The van der Waals surface area contributed by atoms with Crippen molar-refractivity contribution in [2.75, 3.05) is 13.1 Å². The van der Waals surface area contributed by atoms with Gasteiger partial charge in [0.15, 0.2) is 0 Å². The lowest BCUT2D eigenvalue weighted by molar-refractivity contribution is -0.139. The quantitative estimate of drug-likeness (QED) is 0.123. The third kappa shape index (κ3) is 8.44. The smallest absolute Gasteiger partial charge is 0.326 e. The Kier molecular flexibility index (Phi) is 10.9. The fraction of sp³-hybridized carbons (Fsp3) is 0.346. The van der Waals surface area contributed by atoms with Crippen molar-refractivity contribution < 1.29 is 29.0 Å². The molecule has 2 amide bonds. The van der Waals surface area contributed by atoms with E-state index in [0.29, 0.717) is 11.3 Å². The molecule has 0 radical (unpaired) electrons. The average molecular weight is 565 g/mol. The molecule has 1 aromatic heterocycles. The minimum absolute atomic E-state index is 0.00661. The number of amides is 2. The number of aliphatic hydroxyl groups excluding tert-OH is 1. The lowest BCUT2D eigenvalue weighted by Gasteiger charge is -2.21. The van der Waals surface area contributed by atoms with Crippen LogP contribution in [0.5, 0.6) is 0 Å². The number of hydrogen-bond acceptors (Lipinski definition) is 7. The largest absolute Gasteiger partial charge is 0.480 e. The van der Waals surface area contributed by atoms with Gasteiger partial charge in [-0.2, -0.15) is 0 Å². The highest BCUT2D eigenvalue weighted by Crippen LogP contribution is 2.27. The summed E-state index contributed by atoms with van der Waals surface area (Å²) < 4.78 is 5.12. The van der Waals surface area contributed by atoms with Gasteiger partial charge in [0.2, 0.25) is 5.91 Å². The fourth-order valence-corrected chi connectivity index (χ4v) is 4.66. The number of hydrogen-bond donors (Lipinski definition) is 6. The van der Waals surface area contributed by atoms with Crippen molar-refractivity contribution >= 4 is 47.1 Å². The molecular weight excluding hydrogens is 535 g/mol. The Morgan fingerprint density at radius 3 is 2.61 bits per heavy atom. The summed E-state index contributed by atoms with van der Waals surface area (Å²) in [6.45, 7) is 4.71. The van der Waals surface area contributed by atoms with Crippen LogP contribution in [0, 0.1) is 5.92 Å².